The lowest BCUT2D eigenvalue weighted by molar-refractivity contribution is 0.406. The molecule has 0 saturated carbocycles. The fourth-order valence-corrected chi connectivity index (χ4v) is 1.73. The van der Waals surface area contributed by atoms with Gasteiger partial charge in [-0.2, -0.15) is 0 Å². The van der Waals surface area contributed by atoms with Gasteiger partial charge in [0.25, 0.3) is 0 Å². The molecule has 0 unspecified atom stereocenters. The Morgan fingerprint density at radius 2 is 2.14 bits per heavy atom. The number of nitrogens with one attached hydrogen (secondary N) is 1. The molecule has 0 aromatic heterocycles. The highest BCUT2D eigenvalue weighted by Gasteiger charge is 2.09. The minimum absolute atomic E-state index is 0.780. The standard InChI is InChI=1S/C11H16ClNO/c1-8-4-5-10(12)9(6-7-13-2)11(8)14-3/h4-5,13H,6-7H2,1-3H3. The molecule has 0 saturated heterocycles. The van der Waals surface area contributed by atoms with Gasteiger partial charge in [0, 0.05) is 10.6 Å². The van der Waals surface area contributed by atoms with E-state index in [2.05, 4.69) is 5.32 Å². The maximum atomic E-state index is 6.11. The maximum absolute atomic E-state index is 6.11. The number of aryl methyl sites for hydroxylation is 1. The summed E-state index contributed by atoms with van der Waals surface area (Å²) in [7, 11) is 3.61. The first-order valence-electron chi connectivity index (χ1n) is 4.67. The molecule has 0 fully saturated rings. The molecule has 1 aromatic carbocycles. The third-order valence-electron chi connectivity index (χ3n) is 2.23. The van der Waals surface area contributed by atoms with Crippen LogP contribution in [0.3, 0.4) is 0 Å². The van der Waals surface area contributed by atoms with E-state index < -0.39 is 0 Å². The van der Waals surface area contributed by atoms with Crippen molar-refractivity contribution in [2.24, 2.45) is 0 Å². The van der Waals surface area contributed by atoms with Crippen molar-refractivity contribution in [3.63, 3.8) is 0 Å². The van der Waals surface area contributed by atoms with Crippen molar-refractivity contribution in [2.45, 2.75) is 13.3 Å². The minimum Gasteiger partial charge on any atom is -0.496 e. The highest BCUT2D eigenvalue weighted by atomic mass is 35.5. The Hall–Kier alpha value is -0.730. The molecule has 78 valence electrons. The topological polar surface area (TPSA) is 21.3 Å². The lowest BCUT2D eigenvalue weighted by Gasteiger charge is -2.12. The van der Waals surface area contributed by atoms with Crippen molar-refractivity contribution in [2.75, 3.05) is 20.7 Å². The second-order valence-electron chi connectivity index (χ2n) is 3.23. The average Bonchev–Trinajstić information content (AvgIpc) is 2.19. The smallest absolute Gasteiger partial charge is 0.126 e. The van der Waals surface area contributed by atoms with E-state index in [9.17, 15) is 0 Å². The fraction of sp³-hybridized carbons (Fsp3) is 0.455. The van der Waals surface area contributed by atoms with E-state index in [4.69, 9.17) is 16.3 Å². The summed E-state index contributed by atoms with van der Waals surface area (Å²) in [6.07, 6.45) is 0.889. The van der Waals surface area contributed by atoms with Crippen molar-refractivity contribution in [1.82, 2.24) is 5.32 Å². The normalized spacial score (nSPS) is 10.3. The summed E-state index contributed by atoms with van der Waals surface area (Å²) in [5, 5.41) is 3.88. The first-order valence-corrected chi connectivity index (χ1v) is 5.05. The molecule has 0 atom stereocenters. The monoisotopic (exact) mass is 213 g/mol. The summed E-state index contributed by atoms with van der Waals surface area (Å²) in [5.74, 6) is 0.910. The van der Waals surface area contributed by atoms with Gasteiger partial charge >= 0.3 is 0 Å². The third kappa shape index (κ3) is 2.40. The summed E-state index contributed by atoms with van der Waals surface area (Å²) >= 11 is 6.11. The SMILES string of the molecule is CNCCc1c(Cl)ccc(C)c1OC. The van der Waals surface area contributed by atoms with Gasteiger partial charge in [0.2, 0.25) is 0 Å². The van der Waals surface area contributed by atoms with Gasteiger partial charge in [-0.05, 0) is 38.6 Å². The Kier molecular flexibility index (Phi) is 4.23. The largest absolute Gasteiger partial charge is 0.496 e. The Labute approximate surface area is 90.2 Å². The van der Waals surface area contributed by atoms with Crippen LogP contribution in [0.4, 0.5) is 0 Å². The average molecular weight is 214 g/mol. The highest BCUT2D eigenvalue weighted by Crippen LogP contribution is 2.30. The van der Waals surface area contributed by atoms with Crippen LogP contribution in [0.5, 0.6) is 5.75 Å². The zero-order valence-corrected chi connectivity index (χ0v) is 9.61. The van der Waals surface area contributed by atoms with Crippen LogP contribution in [0.1, 0.15) is 11.1 Å². The number of ether oxygens (including phenoxy) is 1. The van der Waals surface area contributed by atoms with E-state index in [0.717, 1.165) is 34.9 Å². The molecule has 0 spiro atoms. The van der Waals surface area contributed by atoms with Crippen molar-refractivity contribution in [3.05, 3.63) is 28.3 Å². The second-order valence-corrected chi connectivity index (χ2v) is 3.64. The Balaban J connectivity index is 3.03. The van der Waals surface area contributed by atoms with Crippen LogP contribution >= 0.6 is 11.6 Å². The number of likely N-dealkylation sites (N-methyl/N-ethyl adjacent to an activating group) is 1. The lowest BCUT2D eigenvalue weighted by Crippen LogP contribution is -2.11. The van der Waals surface area contributed by atoms with Gasteiger partial charge < -0.3 is 10.1 Å². The maximum Gasteiger partial charge on any atom is 0.126 e. The molecule has 0 aliphatic heterocycles. The van der Waals surface area contributed by atoms with Gasteiger partial charge in [-0.15, -0.1) is 0 Å². The van der Waals surface area contributed by atoms with Gasteiger partial charge in [0.1, 0.15) is 5.75 Å². The van der Waals surface area contributed by atoms with E-state index in [-0.39, 0.29) is 0 Å². The van der Waals surface area contributed by atoms with Crippen molar-refractivity contribution < 1.29 is 4.74 Å². The van der Waals surface area contributed by atoms with Gasteiger partial charge in [-0.1, -0.05) is 17.7 Å². The molecule has 1 aromatic rings. The summed E-state index contributed by atoms with van der Waals surface area (Å²) in [5.41, 5.74) is 2.21. The van der Waals surface area contributed by atoms with E-state index >= 15 is 0 Å². The van der Waals surface area contributed by atoms with E-state index in [1.165, 1.54) is 0 Å². The Bertz CT molecular complexity index is 312. The summed E-state index contributed by atoms with van der Waals surface area (Å²) in [6, 6.07) is 3.90. The number of hydrogen-bond donors (Lipinski definition) is 1. The first kappa shape index (κ1) is 11.3. The van der Waals surface area contributed by atoms with Crippen LogP contribution < -0.4 is 10.1 Å². The van der Waals surface area contributed by atoms with Gasteiger partial charge in [-0.3, -0.25) is 0 Å². The van der Waals surface area contributed by atoms with Crippen molar-refractivity contribution in [3.8, 4) is 5.75 Å². The summed E-state index contributed by atoms with van der Waals surface area (Å²) in [4.78, 5) is 0. The van der Waals surface area contributed by atoms with Gasteiger partial charge in [-0.25, -0.2) is 0 Å². The van der Waals surface area contributed by atoms with E-state index in [0.29, 0.717) is 0 Å². The highest BCUT2D eigenvalue weighted by molar-refractivity contribution is 6.31. The molecule has 0 aliphatic rings. The van der Waals surface area contributed by atoms with Crippen LogP contribution in [-0.2, 0) is 6.42 Å². The quantitative estimate of drug-likeness (QED) is 0.830. The number of benzene rings is 1. The molecule has 0 heterocycles. The number of hydrogen-bond acceptors (Lipinski definition) is 2. The summed E-state index contributed by atoms with van der Waals surface area (Å²) in [6.45, 7) is 2.93. The molecule has 14 heavy (non-hydrogen) atoms. The molecule has 0 aliphatic carbocycles. The molecule has 3 heteroatoms. The number of methoxy groups -OCH3 is 1. The molecule has 0 bridgehead atoms. The molecular weight excluding hydrogens is 198 g/mol. The Morgan fingerprint density at radius 1 is 1.43 bits per heavy atom. The van der Waals surface area contributed by atoms with Crippen LogP contribution in [-0.4, -0.2) is 20.7 Å². The Morgan fingerprint density at radius 3 is 2.71 bits per heavy atom. The van der Waals surface area contributed by atoms with Crippen molar-refractivity contribution in [1.29, 1.82) is 0 Å². The number of halogens is 1. The lowest BCUT2D eigenvalue weighted by atomic mass is 10.1. The van der Waals surface area contributed by atoms with E-state index in [1.807, 2.05) is 26.1 Å². The molecule has 1 N–H and O–H groups in total. The first-order chi connectivity index (χ1) is 6.70. The zero-order valence-electron chi connectivity index (χ0n) is 8.86. The predicted molar refractivity (Wildman–Crippen MR) is 60.4 cm³/mol. The number of rotatable bonds is 4. The summed E-state index contributed by atoms with van der Waals surface area (Å²) < 4.78 is 5.34. The molecule has 0 radical (unpaired) electrons. The molecule has 2 nitrogen and oxygen atoms in total. The second kappa shape index (κ2) is 5.23. The molecule has 1 rings (SSSR count). The van der Waals surface area contributed by atoms with Crippen molar-refractivity contribution >= 4 is 11.6 Å². The van der Waals surface area contributed by atoms with Gasteiger partial charge in [0.05, 0.1) is 7.11 Å². The minimum atomic E-state index is 0.780. The van der Waals surface area contributed by atoms with E-state index in [1.54, 1.807) is 7.11 Å². The predicted octanol–water partition coefficient (Wildman–Crippen LogP) is 2.42. The van der Waals surface area contributed by atoms with Crippen LogP contribution in [0.2, 0.25) is 5.02 Å². The molecule has 0 amide bonds. The zero-order chi connectivity index (χ0) is 10.6. The fourth-order valence-electron chi connectivity index (χ4n) is 1.49. The molecular formula is C11H16ClNO. The van der Waals surface area contributed by atoms with Crippen LogP contribution in [0.25, 0.3) is 0 Å². The van der Waals surface area contributed by atoms with Gasteiger partial charge in [0.15, 0.2) is 0 Å². The third-order valence-corrected chi connectivity index (χ3v) is 2.58. The van der Waals surface area contributed by atoms with Crippen LogP contribution in [0.15, 0.2) is 12.1 Å². The van der Waals surface area contributed by atoms with Crippen LogP contribution in [0, 0.1) is 6.92 Å².